The first-order valence-electron chi connectivity index (χ1n) is 7.34. The third-order valence-electron chi connectivity index (χ3n) is 3.99. The van der Waals surface area contributed by atoms with Crippen LogP contribution in [-0.2, 0) is 9.59 Å². The Balaban J connectivity index is 1.99. The molecule has 1 aromatic rings. The first kappa shape index (κ1) is 17.8. The quantitative estimate of drug-likeness (QED) is 0.825. The van der Waals surface area contributed by atoms with E-state index in [1.54, 1.807) is 18.3 Å². The predicted octanol–water partition coefficient (Wildman–Crippen LogP) is 3.00. The van der Waals surface area contributed by atoms with Crippen molar-refractivity contribution in [1.82, 2.24) is 10.6 Å². The predicted molar refractivity (Wildman–Crippen MR) is 81.1 cm³/mol. The van der Waals surface area contributed by atoms with Gasteiger partial charge in [0.05, 0.1) is 6.04 Å². The molecule has 0 saturated carbocycles. The van der Waals surface area contributed by atoms with Crippen LogP contribution in [0.4, 0.5) is 13.2 Å². The van der Waals surface area contributed by atoms with E-state index in [0.29, 0.717) is 0 Å². The van der Waals surface area contributed by atoms with Crippen LogP contribution in [0, 0.1) is 19.8 Å². The van der Waals surface area contributed by atoms with Gasteiger partial charge in [-0.2, -0.15) is 13.2 Å². The Morgan fingerprint density at radius 1 is 1.39 bits per heavy atom. The van der Waals surface area contributed by atoms with E-state index < -0.39 is 30.0 Å². The molecule has 4 nitrogen and oxygen atoms in total. The molecule has 2 rings (SSSR count). The molecule has 0 aliphatic carbocycles. The number of carbonyl (C=O) groups excluding carboxylic acids is 2. The lowest BCUT2D eigenvalue weighted by atomic mass is 9.92. The maximum atomic E-state index is 12.6. The Morgan fingerprint density at radius 3 is 2.52 bits per heavy atom. The highest BCUT2D eigenvalue weighted by Crippen LogP contribution is 2.30. The zero-order valence-electron chi connectivity index (χ0n) is 13.1. The number of carbonyl (C=O) groups is 2. The summed E-state index contributed by atoms with van der Waals surface area (Å²) in [6.45, 7) is 5.70. The van der Waals surface area contributed by atoms with Gasteiger partial charge in [-0.1, -0.05) is 0 Å². The van der Waals surface area contributed by atoms with Gasteiger partial charge in [0.1, 0.15) is 12.0 Å². The van der Waals surface area contributed by atoms with E-state index in [4.69, 9.17) is 0 Å². The van der Waals surface area contributed by atoms with Crippen LogP contribution in [0.3, 0.4) is 0 Å². The summed E-state index contributed by atoms with van der Waals surface area (Å²) >= 11 is 1.61. The minimum atomic E-state index is -4.48. The van der Waals surface area contributed by atoms with E-state index in [1.807, 2.05) is 25.2 Å². The molecule has 1 aromatic heterocycles. The van der Waals surface area contributed by atoms with E-state index >= 15 is 0 Å². The number of aryl methyl sites for hydroxylation is 2. The lowest BCUT2D eigenvalue weighted by Crippen LogP contribution is -2.54. The Hall–Kier alpha value is -1.57. The van der Waals surface area contributed by atoms with Gasteiger partial charge in [-0.25, -0.2) is 0 Å². The highest BCUT2D eigenvalue weighted by Gasteiger charge is 2.46. The van der Waals surface area contributed by atoms with Crippen molar-refractivity contribution in [3.63, 3.8) is 0 Å². The summed E-state index contributed by atoms with van der Waals surface area (Å²) in [6, 6.07) is -0.190. The summed E-state index contributed by atoms with van der Waals surface area (Å²) in [7, 11) is 0. The van der Waals surface area contributed by atoms with Gasteiger partial charge in [0.2, 0.25) is 11.8 Å². The van der Waals surface area contributed by atoms with Gasteiger partial charge < -0.3 is 10.6 Å². The first-order chi connectivity index (χ1) is 10.6. The maximum Gasteiger partial charge on any atom is 0.408 e. The van der Waals surface area contributed by atoms with Gasteiger partial charge in [0, 0.05) is 9.75 Å². The number of amides is 2. The molecule has 1 saturated heterocycles. The largest absolute Gasteiger partial charge is 0.408 e. The Labute approximate surface area is 136 Å². The van der Waals surface area contributed by atoms with Crippen LogP contribution >= 0.6 is 11.3 Å². The van der Waals surface area contributed by atoms with Crippen molar-refractivity contribution in [2.75, 3.05) is 0 Å². The Morgan fingerprint density at radius 2 is 2.04 bits per heavy atom. The molecule has 3 atom stereocenters. The summed E-state index contributed by atoms with van der Waals surface area (Å²) in [6.07, 6.45) is -4.86. The summed E-state index contributed by atoms with van der Waals surface area (Å²) < 4.78 is 37.8. The monoisotopic (exact) mass is 348 g/mol. The molecule has 2 amide bonds. The molecule has 1 aliphatic rings. The van der Waals surface area contributed by atoms with E-state index in [0.717, 1.165) is 15.3 Å². The van der Waals surface area contributed by atoms with Gasteiger partial charge in [-0.15, -0.1) is 11.3 Å². The Bertz CT molecular complexity index is 612. The van der Waals surface area contributed by atoms with Crippen molar-refractivity contribution in [2.24, 2.45) is 5.92 Å². The number of hydrogen-bond donors (Lipinski definition) is 2. The fourth-order valence-corrected chi connectivity index (χ4v) is 3.80. The molecular weight excluding hydrogens is 329 g/mol. The molecule has 0 spiro atoms. The third-order valence-corrected chi connectivity index (χ3v) is 4.97. The van der Waals surface area contributed by atoms with Crippen LogP contribution in [0.5, 0.6) is 0 Å². The third kappa shape index (κ3) is 4.04. The van der Waals surface area contributed by atoms with Crippen molar-refractivity contribution >= 4 is 23.2 Å². The molecule has 128 valence electrons. The number of alkyl halides is 3. The van der Waals surface area contributed by atoms with Gasteiger partial charge in [0.25, 0.3) is 0 Å². The number of halogens is 3. The second kappa shape index (κ2) is 6.51. The maximum absolute atomic E-state index is 12.6. The SMILES string of the molecule is Cc1cc([C@H](C)NC(=O)[C@@H]2CC[C@H](C(F)(F)F)NC2=O)c(C)s1. The first-order valence-corrected chi connectivity index (χ1v) is 8.15. The van der Waals surface area contributed by atoms with Crippen LogP contribution < -0.4 is 10.6 Å². The molecule has 1 fully saturated rings. The zero-order valence-corrected chi connectivity index (χ0v) is 13.9. The smallest absolute Gasteiger partial charge is 0.349 e. The summed E-state index contributed by atoms with van der Waals surface area (Å²) in [5.41, 5.74) is 0.963. The highest BCUT2D eigenvalue weighted by atomic mass is 32.1. The molecule has 2 N–H and O–H groups in total. The van der Waals surface area contributed by atoms with Crippen molar-refractivity contribution in [3.8, 4) is 0 Å². The fourth-order valence-electron chi connectivity index (χ4n) is 2.78. The van der Waals surface area contributed by atoms with Crippen LogP contribution in [0.15, 0.2) is 6.07 Å². The topological polar surface area (TPSA) is 58.2 Å². The van der Waals surface area contributed by atoms with Crippen LogP contribution in [0.2, 0.25) is 0 Å². The minimum absolute atomic E-state index is 0.101. The van der Waals surface area contributed by atoms with Crippen molar-refractivity contribution in [3.05, 3.63) is 21.4 Å². The van der Waals surface area contributed by atoms with Crippen molar-refractivity contribution in [2.45, 2.75) is 51.9 Å². The molecule has 0 bridgehead atoms. The normalized spacial score (nSPS) is 23.3. The molecule has 0 unspecified atom stereocenters. The minimum Gasteiger partial charge on any atom is -0.349 e. The molecular formula is C15H19F3N2O2S. The highest BCUT2D eigenvalue weighted by molar-refractivity contribution is 7.12. The second-order valence-electron chi connectivity index (χ2n) is 5.83. The molecule has 23 heavy (non-hydrogen) atoms. The molecule has 1 aliphatic heterocycles. The molecule has 8 heteroatoms. The Kier molecular flexibility index (Phi) is 5.03. The summed E-state index contributed by atoms with van der Waals surface area (Å²) in [4.78, 5) is 26.2. The second-order valence-corrected chi connectivity index (χ2v) is 7.29. The van der Waals surface area contributed by atoms with E-state index in [9.17, 15) is 22.8 Å². The van der Waals surface area contributed by atoms with Gasteiger partial charge in [-0.3, -0.25) is 9.59 Å². The van der Waals surface area contributed by atoms with Gasteiger partial charge in [-0.05, 0) is 45.2 Å². The summed E-state index contributed by atoms with van der Waals surface area (Å²) in [5.74, 6) is -2.46. The molecule has 0 aromatic carbocycles. The number of nitrogens with one attached hydrogen (secondary N) is 2. The van der Waals surface area contributed by atoms with Crippen LogP contribution in [0.25, 0.3) is 0 Å². The fraction of sp³-hybridized carbons (Fsp3) is 0.600. The van der Waals surface area contributed by atoms with Crippen LogP contribution in [0.1, 0.15) is 41.1 Å². The van der Waals surface area contributed by atoms with Gasteiger partial charge in [0.15, 0.2) is 0 Å². The average Bonchev–Trinajstić information content (AvgIpc) is 2.76. The lowest BCUT2D eigenvalue weighted by Gasteiger charge is -2.30. The summed E-state index contributed by atoms with van der Waals surface area (Å²) in [5, 5.41) is 4.62. The van der Waals surface area contributed by atoms with E-state index in [1.165, 1.54) is 0 Å². The number of piperidine rings is 1. The van der Waals surface area contributed by atoms with Gasteiger partial charge >= 0.3 is 6.18 Å². The molecule has 2 heterocycles. The lowest BCUT2D eigenvalue weighted by molar-refractivity contribution is -0.171. The standard InChI is InChI=1S/C15H19F3N2O2S/c1-7-6-11(9(3)23-7)8(2)19-13(21)10-4-5-12(15(16,17)18)20-14(10)22/h6,8,10,12H,4-5H2,1-3H3,(H,19,21)(H,20,22)/t8-,10-,12+/m0/s1. The number of hydrogen-bond acceptors (Lipinski definition) is 3. The van der Waals surface area contributed by atoms with Crippen molar-refractivity contribution < 1.29 is 22.8 Å². The molecule has 0 radical (unpaired) electrons. The van der Waals surface area contributed by atoms with E-state index in [-0.39, 0.29) is 18.9 Å². The van der Waals surface area contributed by atoms with Crippen molar-refractivity contribution in [1.29, 1.82) is 0 Å². The van der Waals surface area contributed by atoms with E-state index in [2.05, 4.69) is 5.32 Å². The number of thiophene rings is 1. The van der Waals surface area contributed by atoms with Crippen LogP contribution in [-0.4, -0.2) is 24.0 Å². The number of rotatable bonds is 3. The zero-order chi connectivity index (χ0) is 17.4. The average molecular weight is 348 g/mol.